The summed E-state index contributed by atoms with van der Waals surface area (Å²) in [7, 11) is 2.35. The second-order valence-corrected chi connectivity index (χ2v) is 7.28. The highest BCUT2D eigenvalue weighted by molar-refractivity contribution is 4.90. The number of nitrogens with one attached hydrogen (secondary N) is 1. The van der Waals surface area contributed by atoms with E-state index in [0.717, 1.165) is 18.1 Å². The van der Waals surface area contributed by atoms with Crippen molar-refractivity contribution < 1.29 is 0 Å². The monoisotopic (exact) mass is 279 g/mol. The minimum atomic E-state index is 0.852. The molecule has 0 aromatic carbocycles. The van der Waals surface area contributed by atoms with Gasteiger partial charge in [0, 0.05) is 24.7 Å². The lowest BCUT2D eigenvalue weighted by Gasteiger charge is -2.25. The van der Waals surface area contributed by atoms with Gasteiger partial charge in [-0.05, 0) is 71.6 Å². The van der Waals surface area contributed by atoms with Gasteiger partial charge in [0.05, 0.1) is 0 Å². The molecule has 3 nitrogen and oxygen atoms in total. The molecule has 2 atom stereocenters. The molecule has 0 aromatic heterocycles. The Hall–Kier alpha value is -0.120. The molecule has 20 heavy (non-hydrogen) atoms. The maximum Gasteiger partial charge on any atom is 0.0223 e. The van der Waals surface area contributed by atoms with Crippen molar-refractivity contribution in [3.05, 3.63) is 0 Å². The van der Waals surface area contributed by atoms with Gasteiger partial charge in [-0.25, -0.2) is 0 Å². The predicted octanol–water partition coefficient (Wildman–Crippen LogP) is 2.47. The van der Waals surface area contributed by atoms with Crippen LogP contribution in [0.25, 0.3) is 0 Å². The number of hydrogen-bond acceptors (Lipinski definition) is 3. The quantitative estimate of drug-likeness (QED) is 0.689. The van der Waals surface area contributed by atoms with Crippen LogP contribution in [0.4, 0.5) is 0 Å². The van der Waals surface area contributed by atoms with E-state index >= 15 is 0 Å². The highest BCUT2D eigenvalue weighted by Crippen LogP contribution is 2.28. The van der Waals surface area contributed by atoms with E-state index in [1.165, 1.54) is 84.0 Å². The number of hydrogen-bond donors (Lipinski definition) is 1. The molecule has 1 aliphatic carbocycles. The summed E-state index contributed by atoms with van der Waals surface area (Å²) in [6.45, 7) is 5.26. The third-order valence-electron chi connectivity index (χ3n) is 5.64. The second-order valence-electron chi connectivity index (χ2n) is 7.28. The molecule has 1 N–H and O–H groups in total. The van der Waals surface area contributed by atoms with Crippen molar-refractivity contribution in [2.45, 2.75) is 75.9 Å². The topological polar surface area (TPSA) is 18.5 Å². The summed E-state index contributed by atoms with van der Waals surface area (Å²) >= 11 is 0. The van der Waals surface area contributed by atoms with Crippen molar-refractivity contribution in [1.29, 1.82) is 0 Å². The molecule has 0 spiro atoms. The Kier molecular flexibility index (Phi) is 5.36. The zero-order chi connectivity index (χ0) is 13.8. The minimum Gasteiger partial charge on any atom is -0.314 e. The second kappa shape index (κ2) is 7.24. The van der Waals surface area contributed by atoms with Crippen LogP contribution in [0.2, 0.25) is 0 Å². The Labute approximate surface area is 125 Å². The molecule has 3 rings (SSSR count). The van der Waals surface area contributed by atoms with E-state index in [2.05, 4.69) is 22.2 Å². The van der Waals surface area contributed by atoms with Crippen molar-refractivity contribution in [3.63, 3.8) is 0 Å². The standard InChI is InChI=1S/C17H33N3/c1-19-16-8-9-17(19)14-20(13-10-16)12-5-3-2-4-11-18-15-6-7-15/h15-18H,2-14H2,1H3. The smallest absolute Gasteiger partial charge is 0.0223 e. The Balaban J connectivity index is 1.23. The van der Waals surface area contributed by atoms with E-state index in [1.54, 1.807) is 0 Å². The third kappa shape index (κ3) is 4.19. The number of likely N-dealkylation sites (tertiary alicyclic amines) is 1. The van der Waals surface area contributed by atoms with Gasteiger partial charge in [0.25, 0.3) is 0 Å². The van der Waals surface area contributed by atoms with Gasteiger partial charge < -0.3 is 10.2 Å². The van der Waals surface area contributed by atoms with Gasteiger partial charge in [-0.2, -0.15) is 0 Å². The van der Waals surface area contributed by atoms with Crippen LogP contribution in [0.15, 0.2) is 0 Å². The van der Waals surface area contributed by atoms with Crippen LogP contribution < -0.4 is 5.32 Å². The summed E-state index contributed by atoms with van der Waals surface area (Å²) in [6.07, 6.45) is 12.8. The summed E-state index contributed by atoms with van der Waals surface area (Å²) in [6, 6.07) is 2.63. The molecule has 0 aromatic rings. The van der Waals surface area contributed by atoms with Crippen LogP contribution in [0.1, 0.15) is 57.8 Å². The predicted molar refractivity (Wildman–Crippen MR) is 85.1 cm³/mol. The van der Waals surface area contributed by atoms with Gasteiger partial charge in [-0.1, -0.05) is 12.8 Å². The Morgan fingerprint density at radius 3 is 2.55 bits per heavy atom. The zero-order valence-corrected chi connectivity index (χ0v) is 13.3. The Bertz CT molecular complexity index is 290. The lowest BCUT2D eigenvalue weighted by atomic mass is 10.1. The largest absolute Gasteiger partial charge is 0.314 e. The molecule has 3 heteroatoms. The molecule has 0 amide bonds. The summed E-state index contributed by atoms with van der Waals surface area (Å²) in [5.74, 6) is 0. The Morgan fingerprint density at radius 2 is 1.70 bits per heavy atom. The molecule has 2 unspecified atom stereocenters. The fourth-order valence-electron chi connectivity index (χ4n) is 3.99. The number of nitrogens with zero attached hydrogens (tertiary/aromatic N) is 2. The summed E-state index contributed by atoms with van der Waals surface area (Å²) in [5.41, 5.74) is 0. The third-order valence-corrected chi connectivity index (χ3v) is 5.64. The first-order chi connectivity index (χ1) is 9.83. The van der Waals surface area contributed by atoms with Crippen molar-refractivity contribution in [3.8, 4) is 0 Å². The van der Waals surface area contributed by atoms with Crippen molar-refractivity contribution >= 4 is 0 Å². The maximum absolute atomic E-state index is 3.61. The van der Waals surface area contributed by atoms with E-state index in [0.29, 0.717) is 0 Å². The van der Waals surface area contributed by atoms with Gasteiger partial charge >= 0.3 is 0 Å². The first-order valence-corrected chi connectivity index (χ1v) is 9.00. The fourth-order valence-corrected chi connectivity index (χ4v) is 3.99. The molecule has 2 bridgehead atoms. The molecular weight excluding hydrogens is 246 g/mol. The fraction of sp³-hybridized carbons (Fsp3) is 1.00. The van der Waals surface area contributed by atoms with E-state index in [1.807, 2.05) is 0 Å². The highest BCUT2D eigenvalue weighted by atomic mass is 15.3. The van der Waals surface area contributed by atoms with Gasteiger partial charge in [0.1, 0.15) is 0 Å². The lowest BCUT2D eigenvalue weighted by molar-refractivity contribution is 0.216. The van der Waals surface area contributed by atoms with Gasteiger partial charge in [-0.15, -0.1) is 0 Å². The first kappa shape index (κ1) is 14.8. The lowest BCUT2D eigenvalue weighted by Crippen LogP contribution is -2.37. The molecule has 0 radical (unpaired) electrons. The van der Waals surface area contributed by atoms with E-state index in [4.69, 9.17) is 0 Å². The van der Waals surface area contributed by atoms with Crippen LogP contribution in [0.3, 0.4) is 0 Å². The Morgan fingerprint density at radius 1 is 0.900 bits per heavy atom. The zero-order valence-electron chi connectivity index (χ0n) is 13.3. The number of fused-ring (bicyclic) bond motifs is 2. The number of unbranched alkanes of at least 4 members (excludes halogenated alkanes) is 3. The molecule has 1 saturated carbocycles. The highest BCUT2D eigenvalue weighted by Gasteiger charge is 2.34. The van der Waals surface area contributed by atoms with Crippen molar-refractivity contribution in [2.75, 3.05) is 33.2 Å². The van der Waals surface area contributed by atoms with Crippen LogP contribution in [0.5, 0.6) is 0 Å². The molecule has 2 saturated heterocycles. The first-order valence-electron chi connectivity index (χ1n) is 9.00. The van der Waals surface area contributed by atoms with Gasteiger partial charge in [-0.3, -0.25) is 4.90 Å². The van der Waals surface area contributed by atoms with Crippen LogP contribution in [0, 0.1) is 0 Å². The average molecular weight is 279 g/mol. The molecular formula is C17H33N3. The summed E-state index contributed by atoms with van der Waals surface area (Å²) in [4.78, 5) is 5.40. The van der Waals surface area contributed by atoms with Crippen molar-refractivity contribution in [1.82, 2.24) is 15.1 Å². The van der Waals surface area contributed by atoms with Crippen LogP contribution in [-0.4, -0.2) is 61.2 Å². The molecule has 2 aliphatic heterocycles. The summed E-state index contributed by atoms with van der Waals surface area (Å²) < 4.78 is 0. The maximum atomic E-state index is 3.61. The molecule has 3 fully saturated rings. The van der Waals surface area contributed by atoms with Crippen molar-refractivity contribution in [2.24, 2.45) is 0 Å². The van der Waals surface area contributed by atoms with E-state index < -0.39 is 0 Å². The number of rotatable bonds is 8. The van der Waals surface area contributed by atoms with Gasteiger partial charge in [0.15, 0.2) is 0 Å². The van der Waals surface area contributed by atoms with E-state index in [9.17, 15) is 0 Å². The summed E-state index contributed by atoms with van der Waals surface area (Å²) in [5, 5.41) is 3.61. The molecule has 2 heterocycles. The minimum absolute atomic E-state index is 0.852. The normalized spacial score (nSPS) is 31.6. The average Bonchev–Trinajstić information content (AvgIpc) is 3.19. The number of likely N-dealkylation sites (N-methyl/N-ethyl adjacent to an activating group) is 1. The molecule has 116 valence electrons. The van der Waals surface area contributed by atoms with Gasteiger partial charge in [0.2, 0.25) is 0 Å². The molecule has 3 aliphatic rings. The van der Waals surface area contributed by atoms with Crippen LogP contribution in [-0.2, 0) is 0 Å². The SMILES string of the molecule is CN1C2CCC1CN(CCCCCCNC1CC1)CC2. The van der Waals surface area contributed by atoms with Crippen LogP contribution >= 0.6 is 0 Å². The van der Waals surface area contributed by atoms with E-state index in [-0.39, 0.29) is 0 Å².